The van der Waals surface area contributed by atoms with E-state index in [1.54, 1.807) is 13.0 Å². The first kappa shape index (κ1) is 27.6. The van der Waals surface area contributed by atoms with E-state index in [0.717, 1.165) is 5.56 Å². The van der Waals surface area contributed by atoms with Gasteiger partial charge in [0, 0.05) is 22.9 Å². The van der Waals surface area contributed by atoms with Crippen molar-refractivity contribution in [2.75, 3.05) is 19.8 Å². The van der Waals surface area contributed by atoms with Crippen LogP contribution in [0.2, 0.25) is 0 Å². The van der Waals surface area contributed by atoms with Crippen LogP contribution in [-0.2, 0) is 0 Å². The van der Waals surface area contributed by atoms with E-state index in [0.29, 0.717) is 27.8 Å². The van der Waals surface area contributed by atoms with Crippen LogP contribution in [0, 0.1) is 17.0 Å². The van der Waals surface area contributed by atoms with Crippen LogP contribution in [0.25, 0.3) is 33.4 Å². The molecule has 0 fully saturated rings. The number of carbonyl (C=O) groups is 2. The SMILES string of the molecule is CCC(=O)c1c(-c2ccc(C)cc2)oc2cc([N+](=O)[O-])c(-c3cccc(C(=O)NC(CO)(CO)CO)c3)cc12. The van der Waals surface area contributed by atoms with E-state index in [2.05, 4.69) is 5.32 Å². The summed E-state index contributed by atoms with van der Waals surface area (Å²) in [6.07, 6.45) is 0.192. The summed E-state index contributed by atoms with van der Waals surface area (Å²) >= 11 is 0. The van der Waals surface area contributed by atoms with Gasteiger partial charge in [-0.2, -0.15) is 0 Å². The normalized spacial score (nSPS) is 11.5. The van der Waals surface area contributed by atoms with Crippen LogP contribution in [0.3, 0.4) is 0 Å². The van der Waals surface area contributed by atoms with Gasteiger partial charge in [-0.15, -0.1) is 0 Å². The Bertz CT molecular complexity index is 1540. The fraction of sp³-hybridized carbons (Fsp3) is 0.241. The van der Waals surface area contributed by atoms with E-state index in [1.807, 2.05) is 31.2 Å². The van der Waals surface area contributed by atoms with Crippen LogP contribution in [0.5, 0.6) is 0 Å². The number of aliphatic hydroxyl groups excluding tert-OH is 3. The standard InChI is InChI=1S/C29H28N2O8/c1-3-24(35)26-22-12-21(19-5-4-6-20(11-19)28(36)30-29(14-32,15-33)16-34)23(31(37)38)13-25(22)39-27(26)18-9-7-17(2)8-10-18/h4-13,32-34H,3,14-16H2,1-2H3,(H,30,36). The molecule has 4 rings (SSSR count). The number of ketones is 1. The smallest absolute Gasteiger partial charge is 0.280 e. The first-order valence-corrected chi connectivity index (χ1v) is 12.3. The molecule has 0 saturated heterocycles. The highest BCUT2D eigenvalue weighted by atomic mass is 16.6. The van der Waals surface area contributed by atoms with Gasteiger partial charge in [-0.1, -0.05) is 48.9 Å². The molecule has 0 spiro atoms. The lowest BCUT2D eigenvalue weighted by Crippen LogP contribution is -2.57. The molecule has 0 aliphatic carbocycles. The second-order valence-corrected chi connectivity index (χ2v) is 9.36. The quantitative estimate of drug-likeness (QED) is 0.135. The summed E-state index contributed by atoms with van der Waals surface area (Å²) in [4.78, 5) is 37.5. The Labute approximate surface area is 223 Å². The Hall–Kier alpha value is -4.38. The largest absolute Gasteiger partial charge is 0.455 e. The number of rotatable bonds is 10. The van der Waals surface area contributed by atoms with Gasteiger partial charge in [-0.05, 0) is 30.7 Å². The van der Waals surface area contributed by atoms with Crippen molar-refractivity contribution in [1.82, 2.24) is 5.32 Å². The fourth-order valence-electron chi connectivity index (χ4n) is 4.29. The van der Waals surface area contributed by atoms with Crippen molar-refractivity contribution >= 4 is 28.3 Å². The summed E-state index contributed by atoms with van der Waals surface area (Å²) in [6, 6.07) is 16.2. The van der Waals surface area contributed by atoms with Gasteiger partial charge in [-0.25, -0.2) is 0 Å². The highest BCUT2D eigenvalue weighted by molar-refractivity contribution is 6.13. The molecule has 1 aromatic heterocycles. The molecule has 0 bridgehead atoms. The van der Waals surface area contributed by atoms with E-state index >= 15 is 0 Å². The average Bonchev–Trinajstić information content (AvgIpc) is 3.33. The minimum absolute atomic E-state index is 0.0824. The highest BCUT2D eigenvalue weighted by Crippen LogP contribution is 2.41. The molecule has 10 heteroatoms. The van der Waals surface area contributed by atoms with Gasteiger partial charge < -0.3 is 25.1 Å². The van der Waals surface area contributed by atoms with E-state index in [1.165, 1.54) is 30.3 Å². The number of hydrogen-bond acceptors (Lipinski definition) is 8. The van der Waals surface area contributed by atoms with E-state index in [4.69, 9.17) is 4.42 Å². The number of aliphatic hydroxyl groups is 3. The van der Waals surface area contributed by atoms with Gasteiger partial charge in [0.15, 0.2) is 5.78 Å². The summed E-state index contributed by atoms with van der Waals surface area (Å²) in [7, 11) is 0. The maximum atomic E-state index is 13.1. The number of benzene rings is 3. The molecule has 4 aromatic rings. The maximum Gasteiger partial charge on any atom is 0.280 e. The number of carbonyl (C=O) groups excluding carboxylic acids is 2. The zero-order valence-electron chi connectivity index (χ0n) is 21.4. The molecule has 4 N–H and O–H groups in total. The first-order valence-electron chi connectivity index (χ1n) is 12.3. The highest BCUT2D eigenvalue weighted by Gasteiger charge is 2.31. The monoisotopic (exact) mass is 532 g/mol. The predicted octanol–water partition coefficient (Wildman–Crippen LogP) is 4.02. The molecule has 3 aromatic carbocycles. The number of amides is 1. The molecule has 0 saturated carbocycles. The number of hydrogen-bond donors (Lipinski definition) is 4. The van der Waals surface area contributed by atoms with Gasteiger partial charge in [-0.3, -0.25) is 19.7 Å². The Morgan fingerprint density at radius 1 is 0.974 bits per heavy atom. The molecule has 0 aliphatic rings. The predicted molar refractivity (Wildman–Crippen MR) is 145 cm³/mol. The molecule has 1 amide bonds. The van der Waals surface area contributed by atoms with Gasteiger partial charge in [0.05, 0.1) is 41.9 Å². The Kier molecular flexibility index (Phi) is 7.91. The first-order chi connectivity index (χ1) is 18.7. The number of nitro benzene ring substituents is 1. The number of fused-ring (bicyclic) bond motifs is 1. The molecule has 10 nitrogen and oxygen atoms in total. The third-order valence-corrected chi connectivity index (χ3v) is 6.64. The molecule has 39 heavy (non-hydrogen) atoms. The van der Waals surface area contributed by atoms with Crippen molar-refractivity contribution in [2.45, 2.75) is 25.8 Å². The molecule has 0 atom stereocenters. The third kappa shape index (κ3) is 5.30. The van der Waals surface area contributed by atoms with E-state index < -0.39 is 36.2 Å². The summed E-state index contributed by atoms with van der Waals surface area (Å²) in [5, 5.41) is 43.5. The number of nitrogens with one attached hydrogen (secondary N) is 1. The molecular weight excluding hydrogens is 504 g/mol. The topological polar surface area (TPSA) is 163 Å². The van der Waals surface area contributed by atoms with Gasteiger partial charge in [0.25, 0.3) is 11.6 Å². The van der Waals surface area contributed by atoms with Gasteiger partial charge in [0.1, 0.15) is 16.9 Å². The second-order valence-electron chi connectivity index (χ2n) is 9.36. The number of aryl methyl sites for hydroxylation is 1. The number of nitrogens with zero attached hydrogens (tertiary/aromatic N) is 1. The van der Waals surface area contributed by atoms with Crippen molar-refractivity contribution in [3.8, 4) is 22.5 Å². The van der Waals surface area contributed by atoms with Gasteiger partial charge >= 0.3 is 0 Å². The molecule has 0 unspecified atom stereocenters. The molecular formula is C29H28N2O8. The van der Waals surface area contributed by atoms with Crippen molar-refractivity contribution in [1.29, 1.82) is 0 Å². The van der Waals surface area contributed by atoms with Crippen molar-refractivity contribution in [3.05, 3.63) is 87.5 Å². The lowest BCUT2D eigenvalue weighted by molar-refractivity contribution is -0.384. The maximum absolute atomic E-state index is 13.1. The Balaban J connectivity index is 1.89. The lowest BCUT2D eigenvalue weighted by atomic mass is 9.95. The number of Topliss-reactive ketones (excluding diaryl/α,β-unsaturated/α-hetero) is 1. The Morgan fingerprint density at radius 3 is 2.23 bits per heavy atom. The summed E-state index contributed by atoms with van der Waals surface area (Å²) in [6.45, 7) is 1.55. The third-order valence-electron chi connectivity index (χ3n) is 6.64. The second kappa shape index (κ2) is 11.2. The minimum atomic E-state index is -1.64. The van der Waals surface area contributed by atoms with Crippen LogP contribution in [-0.4, -0.2) is 57.3 Å². The molecule has 202 valence electrons. The fourth-order valence-corrected chi connectivity index (χ4v) is 4.29. The van der Waals surface area contributed by atoms with Crippen LogP contribution >= 0.6 is 0 Å². The summed E-state index contributed by atoms with van der Waals surface area (Å²) in [5.74, 6) is -0.570. The Morgan fingerprint density at radius 2 is 1.64 bits per heavy atom. The van der Waals surface area contributed by atoms with E-state index in [9.17, 15) is 35.0 Å². The van der Waals surface area contributed by atoms with Crippen LogP contribution in [0.1, 0.15) is 39.6 Å². The minimum Gasteiger partial charge on any atom is -0.455 e. The van der Waals surface area contributed by atoms with E-state index in [-0.39, 0.29) is 34.6 Å². The number of nitro groups is 1. The van der Waals surface area contributed by atoms with Crippen LogP contribution < -0.4 is 5.32 Å². The van der Waals surface area contributed by atoms with Crippen LogP contribution in [0.15, 0.2) is 65.1 Å². The zero-order chi connectivity index (χ0) is 28.3. The summed E-state index contributed by atoms with van der Waals surface area (Å²) in [5.41, 5.74) is 0.843. The van der Waals surface area contributed by atoms with Crippen molar-refractivity contribution in [3.63, 3.8) is 0 Å². The average molecular weight is 533 g/mol. The molecule has 1 heterocycles. The van der Waals surface area contributed by atoms with Crippen molar-refractivity contribution in [2.24, 2.45) is 0 Å². The van der Waals surface area contributed by atoms with Crippen molar-refractivity contribution < 1.29 is 34.2 Å². The zero-order valence-corrected chi connectivity index (χ0v) is 21.4. The molecule has 0 aliphatic heterocycles. The summed E-state index contributed by atoms with van der Waals surface area (Å²) < 4.78 is 6.02. The molecule has 0 radical (unpaired) electrons. The van der Waals surface area contributed by atoms with Crippen LogP contribution in [0.4, 0.5) is 5.69 Å². The van der Waals surface area contributed by atoms with Gasteiger partial charge in [0.2, 0.25) is 0 Å². The number of furan rings is 1. The lowest BCUT2D eigenvalue weighted by Gasteiger charge is -2.28.